The third-order valence-electron chi connectivity index (χ3n) is 9.49. The van der Waals surface area contributed by atoms with Crippen molar-refractivity contribution in [2.45, 2.75) is 69.1 Å². The molecule has 0 amide bonds. The number of carbonyl (C=O) groups is 1. The van der Waals surface area contributed by atoms with E-state index in [4.69, 9.17) is 9.47 Å². The van der Waals surface area contributed by atoms with Gasteiger partial charge >= 0.3 is 0 Å². The smallest absolute Gasteiger partial charge is 0.168 e. The number of rotatable bonds is 6. The van der Waals surface area contributed by atoms with Crippen LogP contribution in [0.3, 0.4) is 0 Å². The van der Waals surface area contributed by atoms with Crippen molar-refractivity contribution >= 4 is 38.1 Å². The molecule has 4 N–H and O–H groups in total. The van der Waals surface area contributed by atoms with E-state index in [1.165, 1.54) is 0 Å². The van der Waals surface area contributed by atoms with Crippen LogP contribution in [0.25, 0.3) is 21.9 Å². The second kappa shape index (κ2) is 15.3. The second-order valence-corrected chi connectivity index (χ2v) is 15.1. The Labute approximate surface area is 284 Å². The number of aliphatic hydroxyl groups is 1. The summed E-state index contributed by atoms with van der Waals surface area (Å²) in [5.74, 6) is 1.92. The summed E-state index contributed by atoms with van der Waals surface area (Å²) in [6, 6.07) is 21.0. The van der Waals surface area contributed by atoms with Gasteiger partial charge in [-0.05, 0) is 108 Å². The van der Waals surface area contributed by atoms with Gasteiger partial charge in [-0.2, -0.15) is 0 Å². The van der Waals surface area contributed by atoms with E-state index in [2.05, 4.69) is 17.4 Å². The standard InChI is InChI=1S/C38H43NO6S2/c1-39-38(27-6-3-5-23(19-27)22-40)45-33-21-29(42)14-9-26-11-16-32(43)37(44-2)35(26)30-15-10-24-8-13-28(41)20-31(24)36(30)34-17-12-25(33)7-4-18-46-47-34/h3,5-6,8,10-11,13,15-16,19-20,25,33-34,38-41,43H,4,7,9,12,14,17-18,21-22H2,1-2H3. The van der Waals surface area contributed by atoms with Crippen molar-refractivity contribution in [3.63, 3.8) is 0 Å². The van der Waals surface area contributed by atoms with Crippen LogP contribution in [-0.4, -0.2) is 47.1 Å². The summed E-state index contributed by atoms with van der Waals surface area (Å²) in [5.41, 5.74) is 5.53. The van der Waals surface area contributed by atoms with Crippen LogP contribution in [0, 0.1) is 5.92 Å². The van der Waals surface area contributed by atoms with Crippen molar-refractivity contribution in [2.75, 3.05) is 19.9 Å². The molecule has 9 heteroatoms. The van der Waals surface area contributed by atoms with Crippen LogP contribution in [0.5, 0.6) is 17.2 Å². The number of benzene rings is 4. The fourth-order valence-corrected chi connectivity index (χ4v) is 9.98. The molecular weight excluding hydrogens is 631 g/mol. The fraction of sp³-hybridized carbons (Fsp3) is 0.395. The van der Waals surface area contributed by atoms with Gasteiger partial charge < -0.3 is 24.8 Å². The zero-order chi connectivity index (χ0) is 32.9. The first kappa shape index (κ1) is 33.7. The van der Waals surface area contributed by atoms with Gasteiger partial charge in [0.2, 0.25) is 0 Å². The first-order valence-electron chi connectivity index (χ1n) is 16.4. The molecule has 0 spiro atoms. The number of fused-ring (bicyclic) bond motifs is 9. The van der Waals surface area contributed by atoms with Crippen molar-refractivity contribution in [3.05, 3.63) is 89.0 Å². The molecule has 1 aliphatic heterocycles. The SMILES string of the molecule is CNC(OC1CC(=O)CCc2ccc(O)c(OC)c2-c2ccc3ccc(O)cc3c2C2CCC1CCCSS2)c1cccc(CO)c1. The first-order chi connectivity index (χ1) is 22.9. The molecule has 7 nitrogen and oxygen atoms in total. The average molecular weight is 674 g/mol. The predicted octanol–water partition coefficient (Wildman–Crippen LogP) is 8.24. The summed E-state index contributed by atoms with van der Waals surface area (Å²) in [6.45, 7) is -0.0521. The summed E-state index contributed by atoms with van der Waals surface area (Å²) in [6.07, 6.45) is 4.08. The van der Waals surface area contributed by atoms with E-state index in [1.54, 1.807) is 19.2 Å². The number of aromatic hydroxyl groups is 2. The third kappa shape index (κ3) is 7.44. The molecule has 1 saturated heterocycles. The lowest BCUT2D eigenvalue weighted by molar-refractivity contribution is -0.126. The molecule has 0 aromatic heterocycles. The zero-order valence-electron chi connectivity index (χ0n) is 26.9. The molecular formula is C38H43NO6S2. The monoisotopic (exact) mass is 673 g/mol. The lowest BCUT2D eigenvalue weighted by atomic mass is 9.85. The van der Waals surface area contributed by atoms with Gasteiger partial charge in [-0.25, -0.2) is 0 Å². The minimum absolute atomic E-state index is 0.0521. The highest BCUT2D eigenvalue weighted by Crippen LogP contribution is 2.52. The quantitative estimate of drug-likeness (QED) is 0.119. The minimum atomic E-state index is -0.428. The number of carbonyl (C=O) groups excluding carboxylic acids is 1. The predicted molar refractivity (Wildman–Crippen MR) is 191 cm³/mol. The van der Waals surface area contributed by atoms with Crippen LogP contribution < -0.4 is 10.1 Å². The summed E-state index contributed by atoms with van der Waals surface area (Å²) in [7, 11) is 7.17. The molecule has 2 bridgehead atoms. The van der Waals surface area contributed by atoms with Crippen LogP contribution in [0.1, 0.15) is 72.3 Å². The molecule has 4 aromatic carbocycles. The number of aliphatic hydroxyl groups excluding tert-OH is 1. The Balaban J connectivity index is 1.48. The van der Waals surface area contributed by atoms with Crippen molar-refractivity contribution < 1.29 is 29.6 Å². The van der Waals surface area contributed by atoms with Crippen molar-refractivity contribution in [1.29, 1.82) is 0 Å². The Hall–Kier alpha value is -3.21. The van der Waals surface area contributed by atoms with Crippen molar-refractivity contribution in [1.82, 2.24) is 5.32 Å². The lowest BCUT2D eigenvalue weighted by Gasteiger charge is -2.32. The summed E-state index contributed by atoms with van der Waals surface area (Å²) in [5, 5.41) is 36.8. The fourth-order valence-electron chi connectivity index (χ4n) is 7.14. The lowest BCUT2D eigenvalue weighted by Crippen LogP contribution is -2.33. The molecule has 0 radical (unpaired) electrons. The number of nitrogens with one attached hydrogen (secondary N) is 1. The van der Waals surface area contributed by atoms with E-state index in [1.807, 2.05) is 71.1 Å². The van der Waals surface area contributed by atoms with Gasteiger partial charge in [-0.3, -0.25) is 10.1 Å². The molecule has 6 rings (SSSR count). The van der Waals surface area contributed by atoms with Gasteiger partial charge in [0.15, 0.2) is 11.5 Å². The van der Waals surface area contributed by atoms with Crippen LogP contribution in [0.15, 0.2) is 66.7 Å². The van der Waals surface area contributed by atoms with Gasteiger partial charge in [0.1, 0.15) is 17.8 Å². The number of methoxy groups -OCH3 is 1. The van der Waals surface area contributed by atoms with E-state index < -0.39 is 6.23 Å². The van der Waals surface area contributed by atoms with E-state index in [9.17, 15) is 20.1 Å². The normalized spacial score (nSPS) is 21.3. The van der Waals surface area contributed by atoms with Gasteiger partial charge in [0, 0.05) is 29.4 Å². The van der Waals surface area contributed by atoms with Crippen molar-refractivity contribution in [2.24, 2.45) is 5.92 Å². The zero-order valence-corrected chi connectivity index (χ0v) is 28.5. The third-order valence-corrected chi connectivity index (χ3v) is 12.4. The number of Topliss-reactive ketones (excluding diaryl/α,β-unsaturated/α-hetero) is 1. The molecule has 4 unspecified atom stereocenters. The maximum atomic E-state index is 13.8. The number of hydrogen-bond acceptors (Lipinski definition) is 9. The number of hydrogen-bond donors (Lipinski definition) is 4. The van der Waals surface area contributed by atoms with Gasteiger partial charge in [-0.15, -0.1) is 0 Å². The molecule has 2 aliphatic rings. The van der Waals surface area contributed by atoms with E-state index >= 15 is 0 Å². The number of phenols is 2. The molecule has 0 saturated carbocycles. The summed E-state index contributed by atoms with van der Waals surface area (Å²) < 4.78 is 12.7. The van der Waals surface area contributed by atoms with Gasteiger partial charge in [-0.1, -0.05) is 64.1 Å². The van der Waals surface area contributed by atoms with E-state index in [-0.39, 0.29) is 41.2 Å². The second-order valence-electron chi connectivity index (χ2n) is 12.5. The molecule has 248 valence electrons. The maximum Gasteiger partial charge on any atom is 0.168 e. The number of ether oxygens (including phenoxy) is 2. The molecule has 47 heavy (non-hydrogen) atoms. The topological polar surface area (TPSA) is 108 Å². The van der Waals surface area contributed by atoms with Gasteiger partial charge in [0.05, 0.1) is 19.8 Å². The minimum Gasteiger partial charge on any atom is -0.508 e. The number of aryl methyl sites for hydroxylation is 1. The average Bonchev–Trinajstić information content (AvgIpc) is 3.21. The Morgan fingerprint density at radius 2 is 1.85 bits per heavy atom. The Morgan fingerprint density at radius 3 is 2.66 bits per heavy atom. The molecule has 1 fully saturated rings. The summed E-state index contributed by atoms with van der Waals surface area (Å²) >= 11 is 0. The Kier molecular flexibility index (Phi) is 11.0. The van der Waals surface area contributed by atoms with Crippen LogP contribution in [0.4, 0.5) is 0 Å². The van der Waals surface area contributed by atoms with Crippen molar-refractivity contribution in [3.8, 4) is 28.4 Å². The van der Waals surface area contributed by atoms with E-state index in [0.29, 0.717) is 25.0 Å². The van der Waals surface area contributed by atoms with Crippen LogP contribution in [-0.2, 0) is 22.6 Å². The highest BCUT2D eigenvalue weighted by atomic mass is 33.1. The number of phenolic OH excluding ortho intramolecular Hbond substituents is 2. The largest absolute Gasteiger partial charge is 0.508 e. The molecule has 1 heterocycles. The van der Waals surface area contributed by atoms with E-state index in [0.717, 1.165) is 75.6 Å². The molecule has 4 aromatic rings. The maximum absolute atomic E-state index is 13.8. The Bertz CT molecular complexity index is 1730. The highest BCUT2D eigenvalue weighted by molar-refractivity contribution is 8.76. The first-order valence-corrected chi connectivity index (χ1v) is 18.8. The molecule has 4 atom stereocenters. The molecule has 1 aliphatic carbocycles. The van der Waals surface area contributed by atoms with Crippen LogP contribution in [0.2, 0.25) is 0 Å². The highest BCUT2D eigenvalue weighted by Gasteiger charge is 2.32. The van der Waals surface area contributed by atoms with Crippen LogP contribution >= 0.6 is 21.6 Å². The van der Waals surface area contributed by atoms with Gasteiger partial charge in [0.25, 0.3) is 0 Å². The number of ketones is 1. The summed E-state index contributed by atoms with van der Waals surface area (Å²) in [4.78, 5) is 13.8. The Morgan fingerprint density at radius 1 is 1.00 bits per heavy atom.